The first-order chi connectivity index (χ1) is 10.1. The second kappa shape index (κ2) is 9.70. The predicted octanol–water partition coefficient (Wildman–Crippen LogP) is 5.42. The van der Waals surface area contributed by atoms with Crippen molar-refractivity contribution in [3.8, 4) is 0 Å². The zero-order valence-corrected chi connectivity index (χ0v) is 13.8. The van der Waals surface area contributed by atoms with Crippen molar-refractivity contribution in [1.29, 1.82) is 0 Å². The molecule has 2 heteroatoms. The Hall–Kier alpha value is -1.18. The Labute approximate surface area is 129 Å². The lowest BCUT2D eigenvalue weighted by atomic mass is 9.95. The van der Waals surface area contributed by atoms with E-state index in [-0.39, 0.29) is 18.0 Å². The molecule has 0 spiro atoms. The molecule has 0 aliphatic carbocycles. The van der Waals surface area contributed by atoms with Crippen LogP contribution in [0.3, 0.4) is 0 Å². The summed E-state index contributed by atoms with van der Waals surface area (Å²) in [5.74, 6) is -0.125. The molecular weight excluding hydrogens is 263 g/mol. The van der Waals surface area contributed by atoms with Crippen LogP contribution in [0.15, 0.2) is 12.1 Å². The standard InChI is InChI=1S/C19H29FO/c1-4-6-8-10-16-13-17(11-9-7-5-2)19(20)18(14-16)12-15(3)21/h13-14H,4-12H2,1-3H3. The van der Waals surface area contributed by atoms with Gasteiger partial charge in [-0.15, -0.1) is 0 Å². The first kappa shape index (κ1) is 17.9. The van der Waals surface area contributed by atoms with Gasteiger partial charge in [0.15, 0.2) is 0 Å². The van der Waals surface area contributed by atoms with Gasteiger partial charge in [-0.05, 0) is 49.3 Å². The van der Waals surface area contributed by atoms with Crippen molar-refractivity contribution in [3.05, 3.63) is 34.6 Å². The zero-order valence-electron chi connectivity index (χ0n) is 13.8. The highest BCUT2D eigenvalue weighted by molar-refractivity contribution is 5.78. The molecule has 0 aliphatic rings. The van der Waals surface area contributed by atoms with Crippen LogP contribution in [0, 0.1) is 5.82 Å². The van der Waals surface area contributed by atoms with Crippen molar-refractivity contribution in [1.82, 2.24) is 0 Å². The summed E-state index contributed by atoms with van der Waals surface area (Å²) in [6, 6.07) is 3.92. The van der Waals surface area contributed by atoms with Crippen molar-refractivity contribution in [2.75, 3.05) is 0 Å². The quantitative estimate of drug-likeness (QED) is 0.526. The molecule has 1 aromatic rings. The predicted molar refractivity (Wildman–Crippen MR) is 87.2 cm³/mol. The smallest absolute Gasteiger partial charge is 0.134 e. The Morgan fingerprint density at radius 3 is 2.10 bits per heavy atom. The first-order valence-electron chi connectivity index (χ1n) is 8.38. The minimum absolute atomic E-state index is 0.0270. The van der Waals surface area contributed by atoms with Crippen LogP contribution >= 0.6 is 0 Å². The molecule has 0 saturated carbocycles. The summed E-state index contributed by atoms with van der Waals surface area (Å²) in [7, 11) is 0. The molecule has 0 fully saturated rings. The maximum Gasteiger partial charge on any atom is 0.134 e. The molecule has 0 radical (unpaired) electrons. The molecule has 0 aromatic heterocycles. The van der Waals surface area contributed by atoms with Gasteiger partial charge in [0.2, 0.25) is 0 Å². The minimum atomic E-state index is -0.152. The summed E-state index contributed by atoms with van der Waals surface area (Å²) < 4.78 is 14.5. The molecule has 1 aromatic carbocycles. The van der Waals surface area contributed by atoms with E-state index in [1.165, 1.54) is 25.3 Å². The van der Waals surface area contributed by atoms with E-state index in [0.29, 0.717) is 5.56 Å². The van der Waals surface area contributed by atoms with Gasteiger partial charge >= 0.3 is 0 Å². The number of aryl methyl sites for hydroxylation is 2. The fourth-order valence-electron chi connectivity index (χ4n) is 2.69. The Balaban J connectivity index is 2.91. The lowest BCUT2D eigenvalue weighted by Crippen LogP contribution is -2.05. The van der Waals surface area contributed by atoms with Gasteiger partial charge in [-0.25, -0.2) is 4.39 Å². The molecule has 0 aliphatic heterocycles. The van der Waals surface area contributed by atoms with Crippen molar-refractivity contribution >= 4 is 5.78 Å². The number of unbranched alkanes of at least 4 members (excludes halogenated alkanes) is 4. The van der Waals surface area contributed by atoms with Crippen LogP contribution in [0.1, 0.15) is 76.0 Å². The molecule has 1 rings (SSSR count). The number of halogens is 1. The average Bonchev–Trinajstić information content (AvgIpc) is 2.43. The molecule has 0 bridgehead atoms. The summed E-state index contributed by atoms with van der Waals surface area (Å²) in [5.41, 5.74) is 2.57. The van der Waals surface area contributed by atoms with E-state index >= 15 is 0 Å². The fraction of sp³-hybridized carbons (Fsp3) is 0.632. The summed E-state index contributed by atoms with van der Waals surface area (Å²) in [5, 5.41) is 0. The third-order valence-corrected chi connectivity index (χ3v) is 3.84. The lowest BCUT2D eigenvalue weighted by Gasteiger charge is -2.11. The highest BCUT2D eigenvalue weighted by Crippen LogP contribution is 2.21. The van der Waals surface area contributed by atoms with Gasteiger partial charge in [-0.3, -0.25) is 4.79 Å². The Morgan fingerprint density at radius 1 is 0.952 bits per heavy atom. The molecular formula is C19H29FO. The van der Waals surface area contributed by atoms with Crippen molar-refractivity contribution in [2.45, 2.75) is 78.6 Å². The van der Waals surface area contributed by atoms with E-state index < -0.39 is 0 Å². The van der Waals surface area contributed by atoms with Crippen LogP contribution in [0.5, 0.6) is 0 Å². The molecule has 0 atom stereocenters. The van der Waals surface area contributed by atoms with Gasteiger partial charge in [0.25, 0.3) is 0 Å². The van der Waals surface area contributed by atoms with E-state index in [2.05, 4.69) is 13.8 Å². The topological polar surface area (TPSA) is 17.1 Å². The highest BCUT2D eigenvalue weighted by atomic mass is 19.1. The maximum absolute atomic E-state index is 14.5. The molecule has 0 amide bonds. The summed E-state index contributed by atoms with van der Waals surface area (Å²) in [6.45, 7) is 5.86. The second-order valence-electron chi connectivity index (χ2n) is 6.02. The number of carbonyl (C=O) groups is 1. The van der Waals surface area contributed by atoms with Gasteiger partial charge in [-0.1, -0.05) is 51.7 Å². The number of Topliss-reactive ketones (excluding diaryl/α,β-unsaturated/α-hetero) is 1. The van der Waals surface area contributed by atoms with Crippen molar-refractivity contribution < 1.29 is 9.18 Å². The SMILES string of the molecule is CCCCCc1cc(CCCCC)c(F)c(CC(C)=O)c1. The monoisotopic (exact) mass is 292 g/mol. The number of hydrogen-bond acceptors (Lipinski definition) is 1. The van der Waals surface area contributed by atoms with E-state index in [0.717, 1.165) is 44.1 Å². The van der Waals surface area contributed by atoms with Gasteiger partial charge in [-0.2, -0.15) is 0 Å². The zero-order chi connectivity index (χ0) is 15.7. The molecule has 0 unspecified atom stereocenters. The largest absolute Gasteiger partial charge is 0.300 e. The lowest BCUT2D eigenvalue weighted by molar-refractivity contribution is -0.116. The average molecular weight is 292 g/mol. The Morgan fingerprint density at radius 2 is 1.52 bits per heavy atom. The van der Waals surface area contributed by atoms with Crippen molar-refractivity contribution in [3.63, 3.8) is 0 Å². The number of benzene rings is 1. The van der Waals surface area contributed by atoms with E-state index in [4.69, 9.17) is 0 Å². The second-order valence-corrected chi connectivity index (χ2v) is 6.02. The van der Waals surface area contributed by atoms with Gasteiger partial charge < -0.3 is 0 Å². The summed E-state index contributed by atoms with van der Waals surface area (Å²) >= 11 is 0. The molecule has 0 heterocycles. The van der Waals surface area contributed by atoms with E-state index in [1.807, 2.05) is 12.1 Å². The summed E-state index contributed by atoms with van der Waals surface area (Å²) in [4.78, 5) is 11.3. The van der Waals surface area contributed by atoms with Crippen LogP contribution < -0.4 is 0 Å². The Bertz CT molecular complexity index is 451. The normalized spacial score (nSPS) is 10.9. The molecule has 0 N–H and O–H groups in total. The fourth-order valence-corrected chi connectivity index (χ4v) is 2.69. The number of rotatable bonds is 10. The molecule has 1 nitrogen and oxygen atoms in total. The van der Waals surface area contributed by atoms with Gasteiger partial charge in [0.05, 0.1) is 0 Å². The molecule has 21 heavy (non-hydrogen) atoms. The first-order valence-corrected chi connectivity index (χ1v) is 8.38. The maximum atomic E-state index is 14.5. The number of ketones is 1. The van der Waals surface area contributed by atoms with Crippen LogP contribution in [0.2, 0.25) is 0 Å². The number of carbonyl (C=O) groups excluding carboxylic acids is 1. The van der Waals surface area contributed by atoms with Gasteiger partial charge in [0, 0.05) is 6.42 Å². The van der Waals surface area contributed by atoms with Crippen LogP contribution in [0.4, 0.5) is 4.39 Å². The van der Waals surface area contributed by atoms with Crippen LogP contribution in [-0.2, 0) is 24.1 Å². The highest BCUT2D eigenvalue weighted by Gasteiger charge is 2.12. The summed E-state index contributed by atoms with van der Waals surface area (Å²) in [6.07, 6.45) is 8.79. The van der Waals surface area contributed by atoms with Crippen molar-refractivity contribution in [2.24, 2.45) is 0 Å². The third kappa shape index (κ3) is 6.41. The van der Waals surface area contributed by atoms with E-state index in [1.54, 1.807) is 0 Å². The minimum Gasteiger partial charge on any atom is -0.300 e. The third-order valence-electron chi connectivity index (χ3n) is 3.84. The van der Waals surface area contributed by atoms with Crippen LogP contribution in [0.25, 0.3) is 0 Å². The number of hydrogen-bond donors (Lipinski definition) is 0. The Kier molecular flexibility index (Phi) is 8.26. The van der Waals surface area contributed by atoms with E-state index in [9.17, 15) is 9.18 Å². The molecule has 0 saturated heterocycles. The molecule has 118 valence electrons. The van der Waals surface area contributed by atoms with Gasteiger partial charge in [0.1, 0.15) is 11.6 Å². The van der Waals surface area contributed by atoms with Crippen LogP contribution in [-0.4, -0.2) is 5.78 Å².